The summed E-state index contributed by atoms with van der Waals surface area (Å²) in [6, 6.07) is 22.2. The van der Waals surface area contributed by atoms with Crippen molar-refractivity contribution in [3.63, 3.8) is 0 Å². The van der Waals surface area contributed by atoms with E-state index in [1.54, 1.807) is 0 Å². The van der Waals surface area contributed by atoms with Gasteiger partial charge in [0.25, 0.3) is 5.91 Å². The van der Waals surface area contributed by atoms with Crippen LogP contribution < -0.4 is 5.32 Å². The van der Waals surface area contributed by atoms with Gasteiger partial charge in [-0.05, 0) is 53.4 Å². The van der Waals surface area contributed by atoms with Crippen molar-refractivity contribution in [1.29, 1.82) is 0 Å². The van der Waals surface area contributed by atoms with E-state index < -0.39 is 0 Å². The molecule has 2 heterocycles. The van der Waals surface area contributed by atoms with E-state index in [1.807, 2.05) is 49.5 Å². The summed E-state index contributed by atoms with van der Waals surface area (Å²) in [6.07, 6.45) is 0.724. The number of hydrogen-bond donors (Lipinski definition) is 1. The lowest BCUT2D eigenvalue weighted by molar-refractivity contribution is 0.0938. The molecule has 3 aromatic carbocycles. The molecule has 1 aliphatic heterocycles. The van der Waals surface area contributed by atoms with E-state index in [-0.39, 0.29) is 23.4 Å². The Morgan fingerprint density at radius 3 is 2.50 bits per heavy atom. The SMILES string of the molecule is CN1CC(NC(=O)c2ccc(C(C)(C)C)cc2)CC1c1nc(-c2ccc3ccccc3c2)no1. The molecule has 1 N–H and O–H groups in total. The van der Waals surface area contributed by atoms with Gasteiger partial charge in [0.2, 0.25) is 11.7 Å². The Bertz CT molecular complexity index is 1320. The van der Waals surface area contributed by atoms with Crippen LogP contribution in [0.2, 0.25) is 0 Å². The van der Waals surface area contributed by atoms with Crippen molar-refractivity contribution in [2.45, 2.75) is 44.7 Å². The quantitative estimate of drug-likeness (QED) is 0.449. The average Bonchev–Trinajstić information content (AvgIpc) is 3.45. The first-order valence-electron chi connectivity index (χ1n) is 11.7. The van der Waals surface area contributed by atoms with Gasteiger partial charge in [-0.25, -0.2) is 0 Å². The van der Waals surface area contributed by atoms with Crippen molar-refractivity contribution in [2.75, 3.05) is 13.6 Å². The monoisotopic (exact) mass is 454 g/mol. The van der Waals surface area contributed by atoms with Crippen molar-refractivity contribution in [1.82, 2.24) is 20.4 Å². The Kier molecular flexibility index (Phi) is 5.70. The summed E-state index contributed by atoms with van der Waals surface area (Å²) in [5.41, 5.74) is 2.88. The predicted octanol–water partition coefficient (Wildman–Crippen LogP) is 5.36. The molecule has 174 valence electrons. The van der Waals surface area contributed by atoms with E-state index in [9.17, 15) is 4.79 Å². The highest BCUT2D eigenvalue weighted by atomic mass is 16.5. The maximum Gasteiger partial charge on any atom is 0.251 e. The number of carbonyl (C=O) groups is 1. The molecule has 6 nitrogen and oxygen atoms in total. The third kappa shape index (κ3) is 4.46. The number of rotatable bonds is 4. The lowest BCUT2D eigenvalue weighted by Gasteiger charge is -2.19. The summed E-state index contributed by atoms with van der Waals surface area (Å²) in [5.74, 6) is 1.11. The highest BCUT2D eigenvalue weighted by Gasteiger charge is 2.35. The van der Waals surface area contributed by atoms with E-state index in [0.717, 1.165) is 23.9 Å². The molecule has 0 aliphatic carbocycles. The van der Waals surface area contributed by atoms with Crippen LogP contribution in [0.1, 0.15) is 55.0 Å². The van der Waals surface area contributed by atoms with Gasteiger partial charge >= 0.3 is 0 Å². The smallest absolute Gasteiger partial charge is 0.251 e. The number of nitrogens with zero attached hydrogens (tertiary/aromatic N) is 3. The molecule has 2 unspecified atom stereocenters. The van der Waals surface area contributed by atoms with E-state index in [4.69, 9.17) is 9.51 Å². The number of fused-ring (bicyclic) bond motifs is 1. The number of likely N-dealkylation sites (N-methyl/N-ethyl adjacent to an activating group) is 1. The molecule has 34 heavy (non-hydrogen) atoms. The third-order valence-electron chi connectivity index (χ3n) is 6.63. The summed E-state index contributed by atoms with van der Waals surface area (Å²) in [6.45, 7) is 7.22. The molecule has 1 fully saturated rings. The fraction of sp³-hybridized carbons (Fsp3) is 0.321. The van der Waals surface area contributed by atoms with Gasteiger partial charge in [-0.1, -0.05) is 74.5 Å². The van der Waals surface area contributed by atoms with Gasteiger partial charge in [0.05, 0.1) is 6.04 Å². The van der Waals surface area contributed by atoms with E-state index in [2.05, 4.69) is 60.4 Å². The number of nitrogens with one attached hydrogen (secondary N) is 1. The van der Waals surface area contributed by atoms with Gasteiger partial charge in [-0.3, -0.25) is 9.69 Å². The number of carbonyl (C=O) groups excluding carboxylic acids is 1. The van der Waals surface area contributed by atoms with Gasteiger partial charge in [-0.2, -0.15) is 4.98 Å². The van der Waals surface area contributed by atoms with Crippen molar-refractivity contribution in [3.05, 3.63) is 83.7 Å². The van der Waals surface area contributed by atoms with E-state index in [0.29, 0.717) is 17.3 Å². The van der Waals surface area contributed by atoms with Crippen molar-refractivity contribution >= 4 is 16.7 Å². The average molecular weight is 455 g/mol. The molecular formula is C28H30N4O2. The zero-order valence-corrected chi connectivity index (χ0v) is 20.1. The normalized spacial score (nSPS) is 18.9. The van der Waals surface area contributed by atoms with Crippen LogP contribution in [0.5, 0.6) is 0 Å². The van der Waals surface area contributed by atoms with Gasteiger partial charge in [-0.15, -0.1) is 0 Å². The van der Waals surface area contributed by atoms with E-state index >= 15 is 0 Å². The summed E-state index contributed by atoms with van der Waals surface area (Å²) in [5, 5.41) is 9.72. The highest BCUT2D eigenvalue weighted by molar-refractivity contribution is 5.94. The zero-order valence-electron chi connectivity index (χ0n) is 20.1. The van der Waals surface area contributed by atoms with Crippen LogP contribution in [0.4, 0.5) is 0 Å². The maximum absolute atomic E-state index is 12.8. The van der Waals surface area contributed by atoms with Crippen LogP contribution in [-0.2, 0) is 5.41 Å². The summed E-state index contributed by atoms with van der Waals surface area (Å²) in [4.78, 5) is 19.7. The molecule has 0 bridgehead atoms. The first kappa shape index (κ1) is 22.3. The summed E-state index contributed by atoms with van der Waals surface area (Å²) < 4.78 is 5.65. The van der Waals surface area contributed by atoms with Gasteiger partial charge < -0.3 is 9.84 Å². The minimum absolute atomic E-state index is 0.0146. The number of benzene rings is 3. The minimum Gasteiger partial charge on any atom is -0.348 e. The van der Waals surface area contributed by atoms with E-state index in [1.165, 1.54) is 10.9 Å². The first-order valence-corrected chi connectivity index (χ1v) is 11.7. The number of likely N-dealkylation sites (tertiary alicyclic amines) is 1. The molecule has 1 aliphatic rings. The molecule has 1 aromatic heterocycles. The fourth-order valence-corrected chi connectivity index (χ4v) is 4.60. The van der Waals surface area contributed by atoms with Crippen LogP contribution >= 0.6 is 0 Å². The standard InChI is InChI=1S/C28H30N4O2/c1-28(2,3)22-13-11-19(12-14-22)26(33)29-23-16-24(32(4)17-23)27-30-25(31-34-27)21-10-9-18-7-5-6-8-20(18)15-21/h5-15,23-24H,16-17H2,1-4H3,(H,29,33). The Balaban J connectivity index is 1.26. The minimum atomic E-state index is -0.0538. The number of hydrogen-bond acceptors (Lipinski definition) is 5. The third-order valence-corrected chi connectivity index (χ3v) is 6.63. The lowest BCUT2D eigenvalue weighted by atomic mass is 9.86. The lowest BCUT2D eigenvalue weighted by Crippen LogP contribution is -2.36. The highest BCUT2D eigenvalue weighted by Crippen LogP contribution is 2.32. The fourth-order valence-electron chi connectivity index (χ4n) is 4.60. The van der Waals surface area contributed by atoms with Crippen LogP contribution in [0.3, 0.4) is 0 Å². The van der Waals surface area contributed by atoms with Crippen molar-refractivity contribution < 1.29 is 9.32 Å². The second-order valence-electron chi connectivity index (χ2n) is 10.2. The Morgan fingerprint density at radius 1 is 1.03 bits per heavy atom. The van der Waals surface area contributed by atoms with Crippen LogP contribution in [0.15, 0.2) is 71.3 Å². The second-order valence-corrected chi connectivity index (χ2v) is 10.2. The molecule has 4 aromatic rings. The molecule has 0 spiro atoms. The van der Waals surface area contributed by atoms with Gasteiger partial charge in [0.1, 0.15) is 0 Å². The Hall–Kier alpha value is -3.51. The molecule has 1 amide bonds. The molecule has 6 heteroatoms. The predicted molar refractivity (Wildman–Crippen MR) is 134 cm³/mol. The largest absolute Gasteiger partial charge is 0.348 e. The Labute approximate surface area is 200 Å². The van der Waals surface area contributed by atoms with Crippen molar-refractivity contribution in [2.24, 2.45) is 0 Å². The molecular weight excluding hydrogens is 424 g/mol. The van der Waals surface area contributed by atoms with Crippen molar-refractivity contribution in [3.8, 4) is 11.4 Å². The molecule has 1 saturated heterocycles. The maximum atomic E-state index is 12.8. The summed E-state index contributed by atoms with van der Waals surface area (Å²) >= 11 is 0. The first-order chi connectivity index (χ1) is 16.3. The van der Waals surface area contributed by atoms with Crippen LogP contribution in [0, 0.1) is 0 Å². The van der Waals surface area contributed by atoms with Gasteiger partial charge in [0, 0.05) is 23.7 Å². The molecule has 5 rings (SSSR count). The number of aromatic nitrogens is 2. The topological polar surface area (TPSA) is 71.3 Å². The number of amides is 1. The van der Waals surface area contributed by atoms with Crippen LogP contribution in [-0.4, -0.2) is 40.6 Å². The molecule has 0 radical (unpaired) electrons. The molecule has 0 saturated carbocycles. The molecule has 2 atom stereocenters. The van der Waals surface area contributed by atoms with Crippen LogP contribution in [0.25, 0.3) is 22.2 Å². The zero-order chi connectivity index (χ0) is 23.9. The second kappa shape index (κ2) is 8.69. The summed E-state index contributed by atoms with van der Waals surface area (Å²) in [7, 11) is 2.02. The Morgan fingerprint density at radius 2 is 1.76 bits per heavy atom. The van der Waals surface area contributed by atoms with Gasteiger partial charge in [0.15, 0.2) is 0 Å².